The van der Waals surface area contributed by atoms with Crippen molar-refractivity contribution >= 4 is 39.2 Å². The van der Waals surface area contributed by atoms with Gasteiger partial charge in [0, 0.05) is 20.6 Å². The van der Waals surface area contributed by atoms with Crippen LogP contribution in [-0.4, -0.2) is 22.2 Å². The van der Waals surface area contributed by atoms with Gasteiger partial charge in [0.1, 0.15) is 0 Å². The average molecular weight is 509 g/mol. The van der Waals surface area contributed by atoms with Gasteiger partial charge < -0.3 is 10.2 Å². The van der Waals surface area contributed by atoms with Gasteiger partial charge >= 0.3 is 11.9 Å². The standard InChI is InChI=1S/C17H14S.C9H7BrO4/c1-3-7-14(8-4-1)13-16-11-12-17(18-16)15-9-5-2-6-10-15;1-4-6(8(11)12)2-5(10)3-7(4)9(13)14/h1-12H,13H2;2-3H,1H3,(H,11,12)(H,13,14). The molecule has 2 N–H and O–H groups in total. The van der Waals surface area contributed by atoms with Crippen LogP contribution >= 0.6 is 27.3 Å². The summed E-state index contributed by atoms with van der Waals surface area (Å²) in [4.78, 5) is 24.2. The maximum absolute atomic E-state index is 10.7. The second-order valence-electron chi connectivity index (χ2n) is 7.03. The molecule has 0 aliphatic heterocycles. The molecule has 0 spiro atoms. The zero-order valence-corrected chi connectivity index (χ0v) is 19.7. The summed E-state index contributed by atoms with van der Waals surface area (Å²) >= 11 is 4.94. The molecule has 0 atom stereocenters. The zero-order valence-electron chi connectivity index (χ0n) is 17.3. The van der Waals surface area contributed by atoms with Gasteiger partial charge in [-0.15, -0.1) is 11.3 Å². The third kappa shape index (κ3) is 6.15. The highest BCUT2D eigenvalue weighted by Gasteiger charge is 2.16. The van der Waals surface area contributed by atoms with E-state index in [0.717, 1.165) is 6.42 Å². The number of halogens is 1. The summed E-state index contributed by atoms with van der Waals surface area (Å²) in [6.07, 6.45) is 1.03. The Morgan fingerprint density at radius 3 is 1.88 bits per heavy atom. The van der Waals surface area contributed by atoms with E-state index in [4.69, 9.17) is 10.2 Å². The molecule has 32 heavy (non-hydrogen) atoms. The molecule has 162 valence electrons. The van der Waals surface area contributed by atoms with Crippen LogP contribution in [-0.2, 0) is 6.42 Å². The van der Waals surface area contributed by atoms with Crippen LogP contribution in [0.25, 0.3) is 10.4 Å². The molecule has 1 aromatic heterocycles. The first-order chi connectivity index (χ1) is 15.3. The highest BCUT2D eigenvalue weighted by molar-refractivity contribution is 9.10. The molecule has 0 saturated heterocycles. The number of carboxylic acid groups (broad SMARTS) is 2. The molecule has 0 unspecified atom stereocenters. The Labute approximate surface area is 198 Å². The van der Waals surface area contributed by atoms with E-state index in [2.05, 4.69) is 88.7 Å². The monoisotopic (exact) mass is 508 g/mol. The van der Waals surface area contributed by atoms with Crippen molar-refractivity contribution in [2.24, 2.45) is 0 Å². The van der Waals surface area contributed by atoms with E-state index in [0.29, 0.717) is 4.47 Å². The smallest absolute Gasteiger partial charge is 0.336 e. The van der Waals surface area contributed by atoms with Crippen LogP contribution in [0.15, 0.2) is 89.4 Å². The number of thiophene rings is 1. The van der Waals surface area contributed by atoms with Crippen LogP contribution in [0.2, 0.25) is 0 Å². The van der Waals surface area contributed by atoms with E-state index in [1.54, 1.807) is 0 Å². The Kier molecular flexibility index (Phi) is 7.98. The normalized spacial score (nSPS) is 10.2. The first-order valence-electron chi connectivity index (χ1n) is 9.80. The largest absolute Gasteiger partial charge is 0.478 e. The summed E-state index contributed by atoms with van der Waals surface area (Å²) in [5, 5.41) is 17.6. The second-order valence-corrected chi connectivity index (χ2v) is 9.11. The number of benzene rings is 3. The van der Waals surface area contributed by atoms with Crippen molar-refractivity contribution in [3.8, 4) is 10.4 Å². The summed E-state index contributed by atoms with van der Waals surface area (Å²) in [6.45, 7) is 1.47. The molecule has 0 amide bonds. The minimum absolute atomic E-state index is 0.00299. The van der Waals surface area contributed by atoms with Gasteiger partial charge in [0.05, 0.1) is 11.1 Å². The average Bonchev–Trinajstić information content (AvgIpc) is 3.25. The van der Waals surface area contributed by atoms with Gasteiger partial charge in [-0.25, -0.2) is 9.59 Å². The van der Waals surface area contributed by atoms with Gasteiger partial charge in [0.25, 0.3) is 0 Å². The number of aromatic carboxylic acids is 2. The van der Waals surface area contributed by atoms with Gasteiger partial charge in [-0.1, -0.05) is 76.6 Å². The van der Waals surface area contributed by atoms with Crippen molar-refractivity contribution in [1.29, 1.82) is 0 Å². The molecule has 0 fully saturated rings. The number of carboxylic acids is 2. The van der Waals surface area contributed by atoms with E-state index in [1.807, 2.05) is 11.3 Å². The van der Waals surface area contributed by atoms with Crippen LogP contribution in [0, 0.1) is 6.92 Å². The molecule has 1 heterocycles. The lowest BCUT2D eigenvalue weighted by Crippen LogP contribution is -2.07. The maximum atomic E-state index is 10.7. The van der Waals surface area contributed by atoms with E-state index >= 15 is 0 Å². The highest BCUT2D eigenvalue weighted by Crippen LogP contribution is 2.29. The van der Waals surface area contributed by atoms with E-state index in [9.17, 15) is 9.59 Å². The fraction of sp³-hybridized carbons (Fsp3) is 0.0769. The second kappa shape index (κ2) is 10.9. The summed E-state index contributed by atoms with van der Waals surface area (Å²) in [6, 6.07) is 28.4. The molecular weight excluding hydrogens is 488 g/mol. The molecular formula is C26H21BrO4S. The van der Waals surface area contributed by atoms with E-state index in [-0.39, 0.29) is 16.7 Å². The molecule has 4 nitrogen and oxygen atoms in total. The lowest BCUT2D eigenvalue weighted by Gasteiger charge is -2.05. The minimum atomic E-state index is -1.13. The molecule has 3 aromatic carbocycles. The van der Waals surface area contributed by atoms with Crippen LogP contribution in [0.3, 0.4) is 0 Å². The lowest BCUT2D eigenvalue weighted by molar-refractivity contribution is 0.0696. The predicted octanol–water partition coefficient (Wildman–Crippen LogP) is 7.16. The predicted molar refractivity (Wildman–Crippen MR) is 132 cm³/mol. The maximum Gasteiger partial charge on any atom is 0.336 e. The first-order valence-corrected chi connectivity index (χ1v) is 11.4. The van der Waals surface area contributed by atoms with Crippen molar-refractivity contribution in [3.05, 3.63) is 117 Å². The van der Waals surface area contributed by atoms with E-state index in [1.165, 1.54) is 39.9 Å². The molecule has 0 bridgehead atoms. The summed E-state index contributed by atoms with van der Waals surface area (Å²) < 4.78 is 0.443. The summed E-state index contributed by atoms with van der Waals surface area (Å²) in [7, 11) is 0. The lowest BCUT2D eigenvalue weighted by atomic mass is 10.0. The van der Waals surface area contributed by atoms with Crippen molar-refractivity contribution in [2.75, 3.05) is 0 Å². The Bertz CT molecular complexity index is 1180. The zero-order chi connectivity index (χ0) is 23.1. The molecule has 0 aliphatic rings. The number of hydrogen-bond donors (Lipinski definition) is 2. The Morgan fingerprint density at radius 2 is 1.34 bits per heavy atom. The van der Waals surface area contributed by atoms with Crippen LogP contribution in [0.4, 0.5) is 0 Å². The van der Waals surface area contributed by atoms with Gasteiger partial charge in [0.15, 0.2) is 0 Å². The fourth-order valence-corrected chi connectivity index (χ4v) is 4.66. The van der Waals surface area contributed by atoms with Gasteiger partial charge in [0.2, 0.25) is 0 Å². The number of rotatable bonds is 5. The SMILES string of the molecule is Cc1c(C(=O)O)cc(Br)cc1C(=O)O.c1ccc(Cc2ccc(-c3ccccc3)s2)cc1. The van der Waals surface area contributed by atoms with Gasteiger partial charge in [-0.05, 0) is 47.9 Å². The van der Waals surface area contributed by atoms with Crippen LogP contribution in [0.5, 0.6) is 0 Å². The first kappa shape index (κ1) is 23.4. The van der Waals surface area contributed by atoms with Crippen molar-refractivity contribution in [1.82, 2.24) is 0 Å². The Morgan fingerprint density at radius 1 is 0.812 bits per heavy atom. The molecule has 4 rings (SSSR count). The van der Waals surface area contributed by atoms with Crippen LogP contribution in [0.1, 0.15) is 36.7 Å². The van der Waals surface area contributed by atoms with Gasteiger partial charge in [-0.3, -0.25) is 0 Å². The van der Waals surface area contributed by atoms with Crippen molar-refractivity contribution < 1.29 is 19.8 Å². The molecule has 0 aliphatic carbocycles. The molecule has 4 aromatic rings. The number of carbonyl (C=O) groups is 2. The summed E-state index contributed by atoms with van der Waals surface area (Å²) in [5.74, 6) is -2.27. The van der Waals surface area contributed by atoms with Gasteiger partial charge in [-0.2, -0.15) is 0 Å². The summed E-state index contributed by atoms with van der Waals surface area (Å²) in [5.41, 5.74) is 2.93. The molecule has 0 saturated carbocycles. The Hall–Kier alpha value is -3.22. The van der Waals surface area contributed by atoms with Crippen molar-refractivity contribution in [2.45, 2.75) is 13.3 Å². The molecule has 0 radical (unpaired) electrons. The Balaban J connectivity index is 0.000000188. The van der Waals surface area contributed by atoms with Crippen molar-refractivity contribution in [3.63, 3.8) is 0 Å². The topological polar surface area (TPSA) is 74.6 Å². The van der Waals surface area contributed by atoms with Crippen LogP contribution < -0.4 is 0 Å². The number of hydrogen-bond acceptors (Lipinski definition) is 3. The molecule has 6 heteroatoms. The highest BCUT2D eigenvalue weighted by atomic mass is 79.9. The fourth-order valence-electron chi connectivity index (χ4n) is 3.15. The van der Waals surface area contributed by atoms with E-state index < -0.39 is 11.9 Å². The third-order valence-corrected chi connectivity index (χ3v) is 6.37. The minimum Gasteiger partial charge on any atom is -0.478 e. The third-order valence-electron chi connectivity index (χ3n) is 4.77. The quantitative estimate of drug-likeness (QED) is 0.299.